The van der Waals surface area contributed by atoms with Gasteiger partial charge in [-0.1, -0.05) is 161 Å². The molecule has 24 heteroatoms. The van der Waals surface area contributed by atoms with E-state index in [0.717, 1.165) is 11.4 Å². The summed E-state index contributed by atoms with van der Waals surface area (Å²) in [4.78, 5) is 47.2. The number of imidazole rings is 1. The smallest absolute Gasteiger partial charge is 0.383 e. The molecule has 0 saturated heterocycles. The molecular weight excluding hydrogens is 984 g/mol. The molecule has 0 unspecified atom stereocenters. The Morgan fingerprint density at radius 3 is 1.24 bits per heavy atom. The summed E-state index contributed by atoms with van der Waals surface area (Å²) in [6, 6.07) is 19.3. The summed E-state index contributed by atoms with van der Waals surface area (Å²) in [5.74, 6) is 0.0872. The lowest BCUT2D eigenvalue weighted by Gasteiger charge is -2.34. The maximum atomic E-state index is 12.6. The van der Waals surface area contributed by atoms with E-state index in [-0.39, 0.29) is 18.0 Å². The van der Waals surface area contributed by atoms with E-state index in [0.29, 0.717) is 0 Å². The van der Waals surface area contributed by atoms with Crippen molar-refractivity contribution in [3.05, 3.63) is 79.4 Å². The normalized spacial score (nSPS) is 12.2. The van der Waals surface area contributed by atoms with E-state index in [2.05, 4.69) is 158 Å². The molecule has 2 aromatic carbocycles. The number of rotatable bonds is 9. The first-order valence-electron chi connectivity index (χ1n) is 21.7. The van der Waals surface area contributed by atoms with Crippen LogP contribution in [0.3, 0.4) is 0 Å². The number of nitrogens with zero attached hydrogens (tertiary/aromatic N) is 3. The summed E-state index contributed by atoms with van der Waals surface area (Å²) in [6.45, 7) is 47.2. The maximum Gasteiger partial charge on any atom is 0.522 e. The van der Waals surface area contributed by atoms with Crippen LogP contribution in [0.1, 0.15) is 6.92 Å². The Bertz CT molecular complexity index is 1930. The van der Waals surface area contributed by atoms with Gasteiger partial charge in [0, 0.05) is 38.8 Å². The van der Waals surface area contributed by atoms with Crippen molar-refractivity contribution in [2.45, 2.75) is 156 Å². The molecule has 0 aliphatic rings. The fraction of sp³-hybridized carbons (Fsp3) is 0.571. The fourth-order valence-electron chi connectivity index (χ4n) is 4.36. The van der Waals surface area contributed by atoms with Crippen LogP contribution in [0.25, 0.3) is 0 Å². The van der Waals surface area contributed by atoms with Gasteiger partial charge >= 0.3 is 21.7 Å². The van der Waals surface area contributed by atoms with Crippen LogP contribution in [0.2, 0.25) is 144 Å². The van der Waals surface area contributed by atoms with Crippen LogP contribution in [-0.2, 0) is 18.8 Å². The van der Waals surface area contributed by atoms with Crippen molar-refractivity contribution in [3.8, 4) is 0 Å². The van der Waals surface area contributed by atoms with Crippen LogP contribution in [0.15, 0.2) is 79.4 Å². The molecule has 0 spiro atoms. The highest BCUT2D eigenvalue weighted by atomic mass is 32.2. The Labute approximate surface area is 404 Å². The number of carbonyl (C=O) groups is 3. The van der Waals surface area contributed by atoms with Gasteiger partial charge < -0.3 is 32.9 Å². The minimum absolute atomic E-state index is 0.00772. The molecule has 0 saturated carbocycles. The van der Waals surface area contributed by atoms with Gasteiger partial charge in [-0.05, 0) is 43.9 Å². The zero-order valence-electron chi connectivity index (χ0n) is 44.3. The van der Waals surface area contributed by atoms with Gasteiger partial charge in [-0.25, -0.2) is 9.78 Å². The highest BCUT2D eigenvalue weighted by molar-refractivity contribution is 7.88. The first-order chi connectivity index (χ1) is 29.1. The minimum atomic E-state index is -5.39. The average Bonchev–Trinajstić information content (AvgIpc) is 3.58. The van der Waals surface area contributed by atoms with Crippen molar-refractivity contribution in [2.75, 3.05) is 9.88 Å². The number of hydrogen-bond acceptors (Lipinski definition) is 7. The van der Waals surface area contributed by atoms with Gasteiger partial charge in [0.25, 0.3) is 6.03 Å². The van der Waals surface area contributed by atoms with Crippen molar-refractivity contribution in [2.24, 2.45) is 0 Å². The second kappa shape index (κ2) is 27.8. The zero-order valence-corrected chi connectivity index (χ0v) is 52.2. The summed E-state index contributed by atoms with van der Waals surface area (Å²) >= 11 is 0. The Kier molecular flexibility index (Phi) is 28.3. The number of urea groups is 2. The van der Waals surface area contributed by atoms with Crippen molar-refractivity contribution < 1.29 is 39.8 Å². The lowest BCUT2D eigenvalue weighted by molar-refractivity contribution is -0.117. The lowest BCUT2D eigenvalue weighted by Crippen LogP contribution is -2.56. The standard InChI is InChI=1S/C16H20N2OSi.C7H20N2OSi2.C6H12N2Si.C5H13NOSi.C4H9F3O3SSi.C4H12Si/c1-20(2,3)18(15-12-8-5-9-13-15)16(19)17-14-10-6-4-7-11-14;1-11(2,3)8-7(10)9-12(4,5)6;1-9(2,3)8-5-4-7-6-8;1-5(7)6-8(2,3)4;1-12(2,3)10-11(8,9)4(5,6)7;1-5(2,3)4/h4-13H,1-3H3,(H,17,19);1-6H3,(H2,8,9,10);4-6H,1-3H3;1-4H3,(H,6,7);1-3H3;1-4H3. The summed E-state index contributed by atoms with van der Waals surface area (Å²) < 4.78 is 63.8. The number of halogens is 3. The number of amides is 5. The third-order valence-electron chi connectivity index (χ3n) is 6.36. The first kappa shape index (κ1) is 67.1. The molecule has 3 rings (SSSR count). The molecule has 1 heterocycles. The van der Waals surface area contributed by atoms with Gasteiger partial charge in [0.15, 0.2) is 16.5 Å². The number of hydrogen-bond donors (Lipinski definition) is 4. The van der Waals surface area contributed by atoms with E-state index in [9.17, 15) is 36.0 Å². The number of alkyl halides is 3. The quantitative estimate of drug-likeness (QED) is 0.122. The summed E-state index contributed by atoms with van der Waals surface area (Å²) in [7, 11) is -15.9. The van der Waals surface area contributed by atoms with Crippen LogP contribution in [-0.4, -0.2) is 98.7 Å². The molecule has 13 nitrogen and oxygen atoms in total. The second-order valence-corrected chi connectivity index (χ2v) is 59.0. The molecule has 0 bridgehead atoms. The first-order valence-corrected chi connectivity index (χ1v) is 47.9. The van der Waals surface area contributed by atoms with E-state index in [4.69, 9.17) is 0 Å². The number of benzene rings is 2. The van der Waals surface area contributed by atoms with Crippen molar-refractivity contribution in [3.63, 3.8) is 0 Å². The van der Waals surface area contributed by atoms with Gasteiger partial charge in [-0.3, -0.25) is 9.59 Å². The third-order valence-corrected chi connectivity index (χ3v) is 16.5. The number of carbonyl (C=O) groups excluding carboxylic acids is 3. The van der Waals surface area contributed by atoms with Crippen molar-refractivity contribution in [1.82, 2.24) is 24.2 Å². The molecule has 0 atom stereocenters. The Hall–Kier alpha value is -3.12. The predicted molar refractivity (Wildman–Crippen MR) is 293 cm³/mol. The monoisotopic (exact) mass is 1070 g/mol. The highest BCUT2D eigenvalue weighted by Crippen LogP contribution is 2.27. The molecule has 4 N–H and O–H groups in total. The van der Waals surface area contributed by atoms with Crippen LogP contribution in [0.4, 0.5) is 34.1 Å². The lowest BCUT2D eigenvalue weighted by atomic mass is 10.3. The molecule has 0 aliphatic carbocycles. The Morgan fingerprint density at radius 2 is 1.02 bits per heavy atom. The number of anilines is 2. The fourth-order valence-corrected chi connectivity index (χ4v) is 12.6. The summed E-state index contributed by atoms with van der Waals surface area (Å²) in [6.07, 6.45) is 5.76. The molecule has 3 aromatic rings. The molecule has 0 radical (unpaired) electrons. The van der Waals surface area contributed by atoms with Gasteiger partial charge in [-0.15, -0.1) is 0 Å². The van der Waals surface area contributed by atoms with E-state index >= 15 is 0 Å². The van der Waals surface area contributed by atoms with Crippen LogP contribution >= 0.6 is 0 Å². The van der Waals surface area contributed by atoms with Crippen LogP contribution in [0, 0.1) is 0 Å². The topological polar surface area (TPSA) is 164 Å². The predicted octanol–water partition coefficient (Wildman–Crippen LogP) is 12.7. The molecule has 66 heavy (non-hydrogen) atoms. The van der Waals surface area contributed by atoms with Gasteiger partial charge in [0.05, 0.1) is 6.33 Å². The van der Waals surface area contributed by atoms with Gasteiger partial charge in [-0.2, -0.15) is 21.6 Å². The van der Waals surface area contributed by atoms with Crippen LogP contribution in [0.5, 0.6) is 0 Å². The SMILES string of the molecule is CC(=O)N[Si](C)(C)C.C[Si](C)(C)C.C[Si](C)(C)N(C(=O)Nc1ccccc1)c1ccccc1.C[Si](C)(C)NC(=O)N[Si](C)(C)C.C[Si](C)(C)OS(=O)(=O)C(F)(F)F.C[Si](C)(C)n1ccnc1. The summed E-state index contributed by atoms with van der Waals surface area (Å²) in [5.41, 5.74) is -3.55. The number of nitrogens with one attached hydrogen (secondary N) is 4. The number of para-hydroxylation sites is 2. The average molecular weight is 1070 g/mol. The molecular formula is C42H86F3N7O6SSi7. The van der Waals surface area contributed by atoms with E-state index in [1.165, 1.54) is 19.6 Å². The largest absolute Gasteiger partial charge is 0.522 e. The van der Waals surface area contributed by atoms with E-state index < -0.39 is 73.2 Å². The van der Waals surface area contributed by atoms with E-state index in [1.807, 2.05) is 84.0 Å². The second-order valence-electron chi connectivity index (χ2n) is 22.9. The molecule has 380 valence electrons. The maximum absolute atomic E-state index is 12.6. The molecule has 0 fully saturated rings. The van der Waals surface area contributed by atoms with Crippen molar-refractivity contribution >= 4 is 97.0 Å². The molecule has 1 aromatic heterocycles. The number of aromatic nitrogens is 2. The molecule has 5 amide bonds. The third kappa shape index (κ3) is 40.0. The minimum Gasteiger partial charge on any atom is -0.383 e. The van der Waals surface area contributed by atoms with Crippen LogP contribution < -0.4 is 24.8 Å². The highest BCUT2D eigenvalue weighted by Gasteiger charge is 2.49. The summed E-state index contributed by atoms with van der Waals surface area (Å²) in [5, 5.41) is 2.97. The molecule has 0 aliphatic heterocycles. The van der Waals surface area contributed by atoms with E-state index in [1.54, 1.807) is 6.92 Å². The van der Waals surface area contributed by atoms with Gasteiger partial charge in [0.1, 0.15) is 24.7 Å². The zero-order chi connectivity index (χ0) is 53.0. The van der Waals surface area contributed by atoms with Crippen molar-refractivity contribution in [1.29, 1.82) is 0 Å². The Morgan fingerprint density at radius 1 is 0.636 bits per heavy atom. The van der Waals surface area contributed by atoms with Gasteiger partial charge in [0.2, 0.25) is 14.2 Å². The Balaban J connectivity index is -0.000000761.